The van der Waals surface area contributed by atoms with Gasteiger partial charge in [0.25, 0.3) is 0 Å². The van der Waals surface area contributed by atoms with Gasteiger partial charge in [-0.25, -0.2) is 19.9 Å². The first-order valence-electron chi connectivity index (χ1n) is 36.2. The molecule has 22 rings (SSSR count). The Morgan fingerprint density at radius 2 is 0.783 bits per heavy atom. The zero-order valence-corrected chi connectivity index (χ0v) is 58.2. The molecule has 2 unspecified atom stereocenters. The first-order valence-corrected chi connectivity index (χ1v) is 37.0. The van der Waals surface area contributed by atoms with Crippen LogP contribution in [-0.2, 0) is 0 Å². The lowest BCUT2D eigenvalue weighted by Crippen LogP contribution is -2.29. The summed E-state index contributed by atoms with van der Waals surface area (Å²) in [5.74, 6) is 2.12. The van der Waals surface area contributed by atoms with E-state index >= 15 is 0 Å². The topological polar surface area (TPSA) is 64.7 Å². The Bertz CT molecular complexity index is 6700. The highest BCUT2D eigenvalue weighted by Gasteiger charge is 2.38. The average Bonchev–Trinajstić information content (AvgIpc) is 0.963. The van der Waals surface area contributed by atoms with E-state index in [9.17, 15) is 0 Å². The molecule has 6 heteroatoms. The van der Waals surface area contributed by atoms with Crippen LogP contribution >= 0.6 is 11.3 Å². The third kappa shape index (κ3) is 10.4. The van der Waals surface area contributed by atoms with Crippen LogP contribution in [0.5, 0.6) is 0 Å². The second kappa shape index (κ2) is 25.2. The second-order valence-corrected chi connectivity index (χ2v) is 28.8. The van der Waals surface area contributed by atoms with Gasteiger partial charge >= 0.3 is 0 Å². The maximum absolute atomic E-state index is 6.73. The first kappa shape index (κ1) is 61.2. The lowest BCUT2D eigenvalue weighted by Gasteiger charge is -2.40. The van der Waals surface area contributed by atoms with Crippen LogP contribution in [0.4, 0.5) is 0 Å². The molecule has 0 fully saturated rings. The van der Waals surface area contributed by atoms with Crippen molar-refractivity contribution in [3.8, 4) is 101 Å². The third-order valence-corrected chi connectivity index (χ3v) is 23.0. The van der Waals surface area contributed by atoms with Gasteiger partial charge in [0.1, 0.15) is 11.2 Å². The van der Waals surface area contributed by atoms with Crippen LogP contribution < -0.4 is 0 Å². The number of benzene rings is 14. The molecule has 4 aromatic heterocycles. The molecule has 2 atom stereocenters. The van der Waals surface area contributed by atoms with Crippen LogP contribution in [0.15, 0.2) is 391 Å². The Hall–Kier alpha value is -13.5. The summed E-state index contributed by atoms with van der Waals surface area (Å²) >= 11 is 1.86. The number of fused-ring (bicyclic) bond motifs is 6. The third-order valence-electron chi connectivity index (χ3n) is 21.8. The number of aromatic nitrogens is 4. The molecule has 0 saturated carbocycles. The number of hydrogen-bond donors (Lipinski definition) is 0. The van der Waals surface area contributed by atoms with E-state index in [1.807, 2.05) is 72.0 Å². The van der Waals surface area contributed by atoms with E-state index in [1.54, 1.807) is 0 Å². The van der Waals surface area contributed by atoms with Crippen LogP contribution in [-0.4, -0.2) is 19.9 Å². The predicted octanol–water partition coefficient (Wildman–Crippen LogP) is 26.6. The van der Waals surface area contributed by atoms with Crippen LogP contribution in [0.2, 0.25) is 0 Å². The molecule has 4 aliphatic rings. The molecule has 0 amide bonds. The van der Waals surface area contributed by atoms with Crippen molar-refractivity contribution in [3.63, 3.8) is 0 Å². The molecule has 0 N–H and O–H groups in total. The molecule has 5 nitrogen and oxygen atoms in total. The van der Waals surface area contributed by atoms with E-state index in [0.717, 1.165) is 89.2 Å². The summed E-state index contributed by atoms with van der Waals surface area (Å²) in [5.41, 5.74) is 26.4. The first-order chi connectivity index (χ1) is 52.5. The molecule has 0 bridgehead atoms. The van der Waals surface area contributed by atoms with E-state index in [-0.39, 0.29) is 0 Å². The van der Waals surface area contributed by atoms with Crippen molar-refractivity contribution < 1.29 is 4.42 Å². The van der Waals surface area contributed by atoms with Crippen LogP contribution in [0.25, 0.3) is 181 Å². The minimum Gasteiger partial charge on any atom is -0.455 e. The fraction of sp³-hybridized carbons (Fsp3) is 0.0200. The molecule has 14 aromatic carbocycles. The molecule has 18 aromatic rings. The smallest absolute Gasteiger partial charge is 0.160 e. The summed E-state index contributed by atoms with van der Waals surface area (Å²) in [7, 11) is 0. The number of rotatable bonds is 10. The van der Waals surface area contributed by atoms with Gasteiger partial charge < -0.3 is 4.42 Å². The molecular weight excluding hydrogens is 1310 g/mol. The molecule has 0 radical (unpaired) electrons. The highest BCUT2D eigenvalue weighted by atomic mass is 32.1. The van der Waals surface area contributed by atoms with Crippen molar-refractivity contribution in [1.29, 1.82) is 0 Å². The highest BCUT2D eigenvalue weighted by molar-refractivity contribution is 7.26. The normalized spacial score (nSPS) is 15.0. The van der Waals surface area contributed by atoms with E-state index in [1.165, 1.54) is 108 Å². The van der Waals surface area contributed by atoms with Crippen molar-refractivity contribution in [2.24, 2.45) is 11.8 Å². The minimum absolute atomic E-state index is 0.335. The zero-order chi connectivity index (χ0) is 69.8. The maximum Gasteiger partial charge on any atom is 0.160 e. The van der Waals surface area contributed by atoms with Crippen molar-refractivity contribution >= 4 is 91.3 Å². The van der Waals surface area contributed by atoms with Gasteiger partial charge in [0.15, 0.2) is 11.6 Å². The molecule has 0 aliphatic heterocycles. The van der Waals surface area contributed by atoms with Gasteiger partial charge in [-0.3, -0.25) is 0 Å². The van der Waals surface area contributed by atoms with E-state index < -0.39 is 0 Å². The fourth-order valence-corrected chi connectivity index (χ4v) is 18.1. The van der Waals surface area contributed by atoms with Gasteiger partial charge in [-0.15, -0.1) is 11.3 Å². The number of hydrogen-bond acceptors (Lipinski definition) is 6. The Morgan fingerprint density at radius 3 is 1.45 bits per heavy atom. The second-order valence-electron chi connectivity index (χ2n) is 27.8. The quantitative estimate of drug-likeness (QED) is 0.128. The van der Waals surface area contributed by atoms with E-state index in [0.29, 0.717) is 23.5 Å². The Morgan fingerprint density at radius 1 is 0.292 bits per heavy atom. The van der Waals surface area contributed by atoms with E-state index in [4.69, 9.17) is 24.4 Å². The molecule has 494 valence electrons. The van der Waals surface area contributed by atoms with Crippen LogP contribution in [0, 0.1) is 11.8 Å². The van der Waals surface area contributed by atoms with Gasteiger partial charge in [0.2, 0.25) is 0 Å². The molecule has 0 spiro atoms. The van der Waals surface area contributed by atoms with E-state index in [2.05, 4.69) is 303 Å². The monoisotopic (exact) mass is 1370 g/mol. The number of furan rings is 1. The Labute approximate surface area is 616 Å². The van der Waals surface area contributed by atoms with Crippen LogP contribution in [0.3, 0.4) is 0 Å². The molecular formula is C100H62N4OS. The summed E-state index contributed by atoms with van der Waals surface area (Å²) in [5, 5.41) is 12.5. The summed E-state index contributed by atoms with van der Waals surface area (Å²) in [6.07, 6.45) is 20.6. The number of para-hydroxylation sites is 1. The fourth-order valence-electron chi connectivity index (χ4n) is 16.8. The van der Waals surface area contributed by atoms with Gasteiger partial charge in [0, 0.05) is 87.3 Å². The SMILES string of the molecule is C1=CC2=CC=C3C=CC(c4ccc(-c5c(-c6cc(-c7ccccc7)nc(-c7ccccc7)n6)ccc6c5oc5ccccc56)cc4)=C4C=CC(=C1)C2C34.c1ccc(-c2cc(-c3ccc4c(sc5ccccc54)c3-c3ccc(-c4ccc5ccc6cccc7ccc4c5c67)cc3)nc(-c3ccccc3)n2)cc1. The molecule has 4 heterocycles. The van der Waals surface area contributed by atoms with Crippen LogP contribution in [0.1, 0.15) is 5.56 Å². The lowest BCUT2D eigenvalue weighted by atomic mass is 9.63. The standard InChI is InChI=1S/C50H32N2O.C50H30N2S/c2*1-3-10-32(11-4-1)43-30-44(52-50(51-43)37-12-5-2-6-13-37)42-29-28-41-39-16-7-8-17-45(39)53-49(41)48(42)36-20-18-31(19-21-36)38-26-24-35-23-22-33-14-9-15-34-25-27-40(38)47(35)46(33)34/h1-30,46-47H;1-30H. The number of thiophene rings is 1. The zero-order valence-electron chi connectivity index (χ0n) is 57.4. The maximum atomic E-state index is 6.73. The summed E-state index contributed by atoms with van der Waals surface area (Å²) in [6.45, 7) is 0. The Kier molecular flexibility index (Phi) is 14.5. The predicted molar refractivity (Wildman–Crippen MR) is 442 cm³/mol. The number of nitrogens with zero attached hydrogens (tertiary/aromatic N) is 4. The summed E-state index contributed by atoms with van der Waals surface area (Å²) in [6, 6.07) is 110. The molecule has 4 aliphatic carbocycles. The minimum atomic E-state index is 0.335. The Balaban J connectivity index is 0.000000136. The number of allylic oxidation sites excluding steroid dienone is 14. The summed E-state index contributed by atoms with van der Waals surface area (Å²) < 4.78 is 9.28. The summed E-state index contributed by atoms with van der Waals surface area (Å²) in [4.78, 5) is 20.7. The van der Waals surface area contributed by atoms with Gasteiger partial charge in [0.05, 0.1) is 22.8 Å². The van der Waals surface area contributed by atoms with Gasteiger partial charge in [-0.05, 0) is 118 Å². The van der Waals surface area contributed by atoms with Crippen molar-refractivity contribution in [2.45, 2.75) is 0 Å². The van der Waals surface area contributed by atoms with Gasteiger partial charge in [-0.2, -0.15) is 0 Å². The van der Waals surface area contributed by atoms with Gasteiger partial charge in [-0.1, -0.05) is 334 Å². The largest absolute Gasteiger partial charge is 0.455 e. The van der Waals surface area contributed by atoms with Crippen molar-refractivity contribution in [1.82, 2.24) is 19.9 Å². The molecule has 0 saturated heterocycles. The van der Waals surface area contributed by atoms with Crippen molar-refractivity contribution in [2.75, 3.05) is 0 Å². The molecule has 106 heavy (non-hydrogen) atoms. The van der Waals surface area contributed by atoms with Crippen molar-refractivity contribution in [3.05, 3.63) is 392 Å². The lowest BCUT2D eigenvalue weighted by molar-refractivity contribution is 0.566. The highest BCUT2D eigenvalue weighted by Crippen LogP contribution is 2.53. The average molecular weight is 1370 g/mol.